The lowest BCUT2D eigenvalue weighted by Gasteiger charge is -2.14. The summed E-state index contributed by atoms with van der Waals surface area (Å²) >= 11 is 0. The van der Waals surface area contributed by atoms with Crippen molar-refractivity contribution in [3.8, 4) is 5.75 Å². The number of carboxylic acid groups (broad SMARTS) is 1. The van der Waals surface area contributed by atoms with E-state index in [2.05, 4.69) is 5.32 Å². The molecule has 20 heavy (non-hydrogen) atoms. The molecule has 1 aromatic heterocycles. The van der Waals surface area contributed by atoms with Gasteiger partial charge in [-0.05, 0) is 38.1 Å². The lowest BCUT2D eigenvalue weighted by molar-refractivity contribution is 0.0660. The number of benzene rings is 1. The highest BCUT2D eigenvalue weighted by molar-refractivity contribution is 5.84. The van der Waals surface area contributed by atoms with Crippen LogP contribution in [0.2, 0.25) is 0 Å². The molecular formula is C15H17NO4. The van der Waals surface area contributed by atoms with Crippen LogP contribution >= 0.6 is 0 Å². The molecule has 0 aliphatic rings. The maximum atomic E-state index is 10.7. The van der Waals surface area contributed by atoms with E-state index in [1.165, 1.54) is 6.07 Å². The number of carbonyl (C=O) groups is 1. The van der Waals surface area contributed by atoms with Crippen LogP contribution in [0.4, 0.5) is 5.69 Å². The van der Waals surface area contributed by atoms with E-state index in [4.69, 9.17) is 14.3 Å². The molecule has 0 fully saturated rings. The number of furan rings is 1. The van der Waals surface area contributed by atoms with Crippen molar-refractivity contribution in [1.82, 2.24) is 0 Å². The maximum absolute atomic E-state index is 10.7. The van der Waals surface area contributed by atoms with Crippen LogP contribution in [-0.2, 0) is 6.54 Å². The number of hydrogen-bond acceptors (Lipinski definition) is 4. The Bertz CT molecular complexity index is 589. The summed E-state index contributed by atoms with van der Waals surface area (Å²) in [5.74, 6) is 0.183. The molecule has 0 aliphatic heterocycles. The Morgan fingerprint density at radius 2 is 2.05 bits per heavy atom. The molecule has 0 saturated heterocycles. The fourth-order valence-electron chi connectivity index (χ4n) is 1.74. The SMILES string of the molecule is CC(C)Oc1ccccc1NCc1ccc(C(=O)O)o1. The molecule has 0 spiro atoms. The van der Waals surface area contributed by atoms with E-state index in [0.29, 0.717) is 12.3 Å². The normalized spacial score (nSPS) is 10.6. The summed E-state index contributed by atoms with van der Waals surface area (Å²) in [6.07, 6.45) is 0.0835. The third-order valence-corrected chi connectivity index (χ3v) is 2.58. The summed E-state index contributed by atoms with van der Waals surface area (Å²) in [6, 6.07) is 10.7. The third kappa shape index (κ3) is 3.54. The van der Waals surface area contributed by atoms with Crippen LogP contribution < -0.4 is 10.1 Å². The summed E-state index contributed by atoms with van der Waals surface area (Å²) in [6.45, 7) is 4.32. The molecule has 2 rings (SSSR count). The van der Waals surface area contributed by atoms with Crippen molar-refractivity contribution in [1.29, 1.82) is 0 Å². The third-order valence-electron chi connectivity index (χ3n) is 2.58. The fraction of sp³-hybridized carbons (Fsp3) is 0.267. The number of hydrogen-bond donors (Lipinski definition) is 2. The largest absolute Gasteiger partial charge is 0.489 e. The number of nitrogens with one attached hydrogen (secondary N) is 1. The first-order valence-corrected chi connectivity index (χ1v) is 6.38. The lowest BCUT2D eigenvalue weighted by atomic mass is 10.3. The maximum Gasteiger partial charge on any atom is 0.371 e. The van der Waals surface area contributed by atoms with Crippen molar-refractivity contribution in [2.45, 2.75) is 26.5 Å². The van der Waals surface area contributed by atoms with Gasteiger partial charge >= 0.3 is 5.97 Å². The first kappa shape index (κ1) is 14.0. The Balaban J connectivity index is 2.04. The van der Waals surface area contributed by atoms with E-state index in [1.54, 1.807) is 6.07 Å². The second kappa shape index (κ2) is 6.14. The van der Waals surface area contributed by atoms with Crippen molar-refractivity contribution in [2.24, 2.45) is 0 Å². The zero-order valence-corrected chi connectivity index (χ0v) is 11.4. The smallest absolute Gasteiger partial charge is 0.371 e. The van der Waals surface area contributed by atoms with Crippen molar-refractivity contribution in [2.75, 3.05) is 5.32 Å². The van der Waals surface area contributed by atoms with Gasteiger partial charge in [-0.2, -0.15) is 0 Å². The molecule has 5 heteroatoms. The Labute approximate surface area is 117 Å². The van der Waals surface area contributed by atoms with E-state index in [1.807, 2.05) is 38.1 Å². The number of anilines is 1. The van der Waals surface area contributed by atoms with E-state index < -0.39 is 5.97 Å². The molecule has 1 heterocycles. The van der Waals surface area contributed by atoms with E-state index >= 15 is 0 Å². The van der Waals surface area contributed by atoms with Gasteiger partial charge in [-0.1, -0.05) is 12.1 Å². The molecule has 1 aromatic carbocycles. The van der Waals surface area contributed by atoms with Gasteiger partial charge in [0.2, 0.25) is 5.76 Å². The predicted molar refractivity (Wildman–Crippen MR) is 75.2 cm³/mol. The summed E-state index contributed by atoms with van der Waals surface area (Å²) in [5.41, 5.74) is 0.842. The number of ether oxygens (including phenoxy) is 1. The van der Waals surface area contributed by atoms with Gasteiger partial charge in [0.1, 0.15) is 11.5 Å². The van der Waals surface area contributed by atoms with Gasteiger partial charge in [0.25, 0.3) is 0 Å². The molecule has 0 aliphatic carbocycles. The van der Waals surface area contributed by atoms with Crippen LogP contribution in [0.25, 0.3) is 0 Å². The second-order valence-electron chi connectivity index (χ2n) is 4.59. The highest BCUT2D eigenvalue weighted by Gasteiger charge is 2.10. The van der Waals surface area contributed by atoms with Crippen LogP contribution in [0.1, 0.15) is 30.2 Å². The number of aromatic carboxylic acids is 1. The van der Waals surface area contributed by atoms with Gasteiger partial charge in [-0.25, -0.2) is 4.79 Å². The second-order valence-corrected chi connectivity index (χ2v) is 4.59. The first-order valence-electron chi connectivity index (χ1n) is 6.38. The lowest BCUT2D eigenvalue weighted by Crippen LogP contribution is -2.08. The predicted octanol–water partition coefficient (Wildman–Crippen LogP) is 3.38. The fourth-order valence-corrected chi connectivity index (χ4v) is 1.74. The van der Waals surface area contributed by atoms with Crippen LogP contribution in [-0.4, -0.2) is 17.2 Å². The molecule has 0 radical (unpaired) electrons. The van der Waals surface area contributed by atoms with Crippen molar-refractivity contribution < 1.29 is 19.1 Å². The number of carboxylic acids is 1. The molecule has 5 nitrogen and oxygen atoms in total. The topological polar surface area (TPSA) is 71.7 Å². The Morgan fingerprint density at radius 3 is 2.70 bits per heavy atom. The van der Waals surface area contributed by atoms with Crippen molar-refractivity contribution in [3.05, 3.63) is 47.9 Å². The molecule has 0 amide bonds. The van der Waals surface area contributed by atoms with Gasteiger partial charge < -0.3 is 19.6 Å². The molecular weight excluding hydrogens is 258 g/mol. The molecule has 2 N–H and O–H groups in total. The van der Waals surface area contributed by atoms with Crippen molar-refractivity contribution >= 4 is 11.7 Å². The zero-order valence-electron chi connectivity index (χ0n) is 11.4. The molecule has 0 unspecified atom stereocenters. The monoisotopic (exact) mass is 275 g/mol. The first-order chi connectivity index (χ1) is 9.56. The minimum atomic E-state index is -1.07. The summed E-state index contributed by atoms with van der Waals surface area (Å²) in [4.78, 5) is 10.7. The van der Waals surface area contributed by atoms with Gasteiger partial charge in [0.05, 0.1) is 18.3 Å². The van der Waals surface area contributed by atoms with Crippen LogP contribution in [0.15, 0.2) is 40.8 Å². The van der Waals surface area contributed by atoms with E-state index in [-0.39, 0.29) is 11.9 Å². The van der Waals surface area contributed by atoms with Crippen LogP contribution in [0.3, 0.4) is 0 Å². The van der Waals surface area contributed by atoms with Crippen LogP contribution in [0, 0.1) is 0 Å². The molecule has 2 aromatic rings. The number of para-hydroxylation sites is 2. The Hall–Kier alpha value is -2.43. The van der Waals surface area contributed by atoms with Gasteiger partial charge in [0.15, 0.2) is 0 Å². The van der Waals surface area contributed by atoms with Gasteiger partial charge in [0, 0.05) is 0 Å². The van der Waals surface area contributed by atoms with Gasteiger partial charge in [-0.15, -0.1) is 0 Å². The van der Waals surface area contributed by atoms with Crippen molar-refractivity contribution in [3.63, 3.8) is 0 Å². The van der Waals surface area contributed by atoms with E-state index in [9.17, 15) is 4.79 Å². The quantitative estimate of drug-likeness (QED) is 0.845. The Kier molecular flexibility index (Phi) is 4.30. The Morgan fingerprint density at radius 1 is 1.30 bits per heavy atom. The summed E-state index contributed by atoms with van der Waals surface area (Å²) < 4.78 is 10.9. The molecule has 0 atom stereocenters. The highest BCUT2D eigenvalue weighted by Crippen LogP contribution is 2.25. The number of rotatable bonds is 6. The molecule has 0 saturated carbocycles. The summed E-state index contributed by atoms with van der Waals surface area (Å²) in [7, 11) is 0. The minimum Gasteiger partial charge on any atom is -0.489 e. The van der Waals surface area contributed by atoms with E-state index in [0.717, 1.165) is 11.4 Å². The minimum absolute atomic E-state index is 0.0616. The standard InChI is InChI=1S/C15H17NO4/c1-10(2)19-13-6-4-3-5-12(13)16-9-11-7-8-14(20-11)15(17)18/h3-8,10,16H,9H2,1-2H3,(H,17,18). The molecule has 106 valence electrons. The molecule has 0 bridgehead atoms. The average Bonchev–Trinajstić information content (AvgIpc) is 2.86. The van der Waals surface area contributed by atoms with Gasteiger partial charge in [-0.3, -0.25) is 0 Å². The zero-order chi connectivity index (χ0) is 14.5. The van der Waals surface area contributed by atoms with Crippen LogP contribution in [0.5, 0.6) is 5.75 Å². The summed E-state index contributed by atoms with van der Waals surface area (Å²) in [5, 5.41) is 12.0. The average molecular weight is 275 g/mol. The highest BCUT2D eigenvalue weighted by atomic mass is 16.5.